The van der Waals surface area contributed by atoms with Gasteiger partial charge in [-0.3, -0.25) is 0 Å². The summed E-state index contributed by atoms with van der Waals surface area (Å²) in [5.74, 6) is 0.881. The molecule has 1 saturated carbocycles. The largest absolute Gasteiger partial charge is 0.395 e. The van der Waals surface area contributed by atoms with Crippen LogP contribution in [0.15, 0.2) is 0 Å². The molecule has 1 saturated heterocycles. The van der Waals surface area contributed by atoms with Crippen LogP contribution in [0, 0.1) is 5.92 Å². The molecular formula is C14H27N3O2. The second kappa shape index (κ2) is 7.10. The third-order valence-electron chi connectivity index (χ3n) is 4.37. The Labute approximate surface area is 115 Å². The van der Waals surface area contributed by atoms with Crippen molar-refractivity contribution in [2.45, 2.75) is 38.1 Å². The highest BCUT2D eigenvalue weighted by Gasteiger charge is 2.27. The van der Waals surface area contributed by atoms with Crippen molar-refractivity contribution in [3.8, 4) is 0 Å². The third kappa shape index (κ3) is 4.35. The number of carbonyl (C=O) groups is 1. The van der Waals surface area contributed by atoms with Crippen LogP contribution in [0.3, 0.4) is 0 Å². The first-order chi connectivity index (χ1) is 9.19. The Hall–Kier alpha value is -0.810. The monoisotopic (exact) mass is 269 g/mol. The fourth-order valence-corrected chi connectivity index (χ4v) is 3.21. The van der Waals surface area contributed by atoms with Crippen LogP contribution in [-0.4, -0.2) is 66.8 Å². The molecule has 5 heteroatoms. The van der Waals surface area contributed by atoms with E-state index < -0.39 is 0 Å². The van der Waals surface area contributed by atoms with E-state index in [1.54, 1.807) is 11.9 Å². The second-order valence-corrected chi connectivity index (χ2v) is 5.99. The molecule has 19 heavy (non-hydrogen) atoms. The minimum atomic E-state index is -0.0678. The molecule has 110 valence electrons. The van der Waals surface area contributed by atoms with E-state index >= 15 is 0 Å². The highest BCUT2D eigenvalue weighted by molar-refractivity contribution is 5.74. The van der Waals surface area contributed by atoms with Crippen molar-refractivity contribution in [2.24, 2.45) is 5.92 Å². The molecule has 0 bridgehead atoms. The first-order valence-electron chi connectivity index (χ1n) is 7.54. The SMILES string of the molecule is CN(CCO)C(=O)NC1CCN(CC2CCCC2)C1. The van der Waals surface area contributed by atoms with E-state index in [2.05, 4.69) is 10.2 Å². The van der Waals surface area contributed by atoms with Crippen molar-refractivity contribution in [2.75, 3.05) is 39.8 Å². The van der Waals surface area contributed by atoms with E-state index in [0.717, 1.165) is 25.4 Å². The summed E-state index contributed by atoms with van der Waals surface area (Å²) in [6, 6.07) is 0.205. The highest BCUT2D eigenvalue weighted by atomic mass is 16.3. The number of urea groups is 1. The number of nitrogens with zero attached hydrogens (tertiary/aromatic N) is 2. The molecule has 0 spiro atoms. The summed E-state index contributed by atoms with van der Waals surface area (Å²) < 4.78 is 0. The molecule has 0 aromatic heterocycles. The average Bonchev–Trinajstić information content (AvgIpc) is 3.02. The fraction of sp³-hybridized carbons (Fsp3) is 0.929. The average molecular weight is 269 g/mol. The maximum absolute atomic E-state index is 11.8. The van der Waals surface area contributed by atoms with Crippen LogP contribution in [-0.2, 0) is 0 Å². The standard InChI is InChI=1S/C14H27N3O2/c1-16(8-9-18)14(19)15-13-6-7-17(11-13)10-12-4-2-3-5-12/h12-13,18H,2-11H2,1H3,(H,15,19). The van der Waals surface area contributed by atoms with Gasteiger partial charge in [0.05, 0.1) is 6.61 Å². The Morgan fingerprint density at radius 1 is 1.37 bits per heavy atom. The van der Waals surface area contributed by atoms with E-state index in [9.17, 15) is 4.79 Å². The third-order valence-corrected chi connectivity index (χ3v) is 4.37. The summed E-state index contributed by atoms with van der Waals surface area (Å²) >= 11 is 0. The molecular weight excluding hydrogens is 242 g/mol. The number of likely N-dealkylation sites (tertiary alicyclic amines) is 1. The Morgan fingerprint density at radius 3 is 2.79 bits per heavy atom. The number of hydrogen-bond acceptors (Lipinski definition) is 3. The smallest absolute Gasteiger partial charge is 0.317 e. The van der Waals surface area contributed by atoms with Crippen molar-refractivity contribution in [1.82, 2.24) is 15.1 Å². The van der Waals surface area contributed by atoms with Crippen LogP contribution >= 0.6 is 0 Å². The number of likely N-dealkylation sites (N-methyl/N-ethyl adjacent to an activating group) is 1. The van der Waals surface area contributed by atoms with Crippen molar-refractivity contribution in [3.63, 3.8) is 0 Å². The zero-order valence-corrected chi connectivity index (χ0v) is 12.0. The number of hydrogen-bond donors (Lipinski definition) is 2. The lowest BCUT2D eigenvalue weighted by atomic mass is 10.1. The Balaban J connectivity index is 1.68. The van der Waals surface area contributed by atoms with Gasteiger partial charge in [0.25, 0.3) is 0 Å². The van der Waals surface area contributed by atoms with Crippen LogP contribution in [0.1, 0.15) is 32.1 Å². The second-order valence-electron chi connectivity index (χ2n) is 5.99. The van der Waals surface area contributed by atoms with E-state index in [1.165, 1.54) is 32.2 Å². The predicted octanol–water partition coefficient (Wildman–Crippen LogP) is 0.885. The van der Waals surface area contributed by atoms with Crippen LogP contribution < -0.4 is 5.32 Å². The Kier molecular flexibility index (Phi) is 5.45. The summed E-state index contributed by atoms with van der Waals surface area (Å²) in [5.41, 5.74) is 0. The lowest BCUT2D eigenvalue weighted by molar-refractivity contribution is 0.186. The van der Waals surface area contributed by atoms with Gasteiger partial charge in [-0.05, 0) is 25.2 Å². The first kappa shape index (κ1) is 14.6. The van der Waals surface area contributed by atoms with Crippen molar-refractivity contribution in [3.05, 3.63) is 0 Å². The number of rotatable bonds is 5. The van der Waals surface area contributed by atoms with Gasteiger partial charge in [-0.15, -0.1) is 0 Å². The number of aliphatic hydroxyl groups excluding tert-OH is 1. The number of nitrogens with one attached hydrogen (secondary N) is 1. The quantitative estimate of drug-likeness (QED) is 0.779. The topological polar surface area (TPSA) is 55.8 Å². The van der Waals surface area contributed by atoms with Gasteiger partial charge in [0.15, 0.2) is 0 Å². The molecule has 0 radical (unpaired) electrons. The number of aliphatic hydroxyl groups is 1. The van der Waals surface area contributed by atoms with Gasteiger partial charge in [0, 0.05) is 39.3 Å². The summed E-state index contributed by atoms with van der Waals surface area (Å²) in [6.07, 6.45) is 6.60. The van der Waals surface area contributed by atoms with Crippen molar-refractivity contribution in [1.29, 1.82) is 0 Å². The Morgan fingerprint density at radius 2 is 2.11 bits per heavy atom. The van der Waals surface area contributed by atoms with Crippen LogP contribution in [0.4, 0.5) is 4.79 Å². The number of amides is 2. The van der Waals surface area contributed by atoms with E-state index in [0.29, 0.717) is 6.54 Å². The molecule has 2 N–H and O–H groups in total. The van der Waals surface area contributed by atoms with Crippen LogP contribution in [0.5, 0.6) is 0 Å². The molecule has 2 fully saturated rings. The molecule has 1 aliphatic heterocycles. The molecule has 1 aliphatic carbocycles. The minimum Gasteiger partial charge on any atom is -0.395 e. The maximum Gasteiger partial charge on any atom is 0.317 e. The van der Waals surface area contributed by atoms with Crippen LogP contribution in [0.2, 0.25) is 0 Å². The summed E-state index contributed by atoms with van der Waals surface area (Å²) in [4.78, 5) is 15.9. The van der Waals surface area contributed by atoms with Gasteiger partial charge in [-0.1, -0.05) is 12.8 Å². The molecule has 0 aromatic carbocycles. The van der Waals surface area contributed by atoms with E-state index in [1.807, 2.05) is 0 Å². The number of carbonyl (C=O) groups excluding carboxylic acids is 1. The van der Waals surface area contributed by atoms with E-state index in [-0.39, 0.29) is 18.7 Å². The lowest BCUT2D eigenvalue weighted by Gasteiger charge is -2.22. The normalized spacial score (nSPS) is 24.8. The van der Waals surface area contributed by atoms with Crippen molar-refractivity contribution < 1.29 is 9.90 Å². The maximum atomic E-state index is 11.8. The molecule has 5 nitrogen and oxygen atoms in total. The van der Waals surface area contributed by atoms with Gasteiger partial charge in [-0.2, -0.15) is 0 Å². The van der Waals surface area contributed by atoms with E-state index in [4.69, 9.17) is 5.11 Å². The van der Waals surface area contributed by atoms with Crippen molar-refractivity contribution >= 4 is 6.03 Å². The van der Waals surface area contributed by atoms with Gasteiger partial charge in [-0.25, -0.2) is 4.79 Å². The molecule has 2 amide bonds. The Bertz CT molecular complexity index is 292. The molecule has 2 aliphatic rings. The van der Waals surface area contributed by atoms with Crippen LogP contribution in [0.25, 0.3) is 0 Å². The molecule has 1 atom stereocenters. The zero-order chi connectivity index (χ0) is 13.7. The predicted molar refractivity (Wildman–Crippen MR) is 75.1 cm³/mol. The van der Waals surface area contributed by atoms with Gasteiger partial charge in [0.1, 0.15) is 0 Å². The lowest BCUT2D eigenvalue weighted by Crippen LogP contribution is -2.45. The molecule has 1 unspecified atom stereocenters. The van der Waals surface area contributed by atoms with Gasteiger partial charge < -0.3 is 20.2 Å². The minimum absolute atomic E-state index is 0.0163. The first-order valence-corrected chi connectivity index (χ1v) is 7.54. The van der Waals surface area contributed by atoms with Gasteiger partial charge in [0.2, 0.25) is 0 Å². The van der Waals surface area contributed by atoms with Gasteiger partial charge >= 0.3 is 6.03 Å². The highest BCUT2D eigenvalue weighted by Crippen LogP contribution is 2.26. The summed E-state index contributed by atoms with van der Waals surface area (Å²) in [7, 11) is 1.72. The molecule has 2 rings (SSSR count). The zero-order valence-electron chi connectivity index (χ0n) is 12.0. The molecule has 1 heterocycles. The fourth-order valence-electron chi connectivity index (χ4n) is 3.21. The summed E-state index contributed by atoms with van der Waals surface area (Å²) in [5, 5.41) is 11.9. The molecule has 0 aromatic rings. The summed E-state index contributed by atoms with van der Waals surface area (Å²) in [6.45, 7) is 3.70.